The minimum Gasteiger partial charge on any atom is -0.368 e. The smallest absolute Gasteiger partial charge is 0.288 e. The second-order valence-electron chi connectivity index (χ2n) is 6.98. The molecule has 0 spiro atoms. The van der Waals surface area contributed by atoms with Gasteiger partial charge in [-0.3, -0.25) is 14.4 Å². The molecule has 0 bridgehead atoms. The summed E-state index contributed by atoms with van der Waals surface area (Å²) in [6.45, 7) is 4.60. The standard InChI is InChI=1S/C22H25N3O3/c1-17-6-5-9-19(14-17)24-10-12-25(13-11-24)21(27)16-23-22(28)20(26)15-18-7-3-2-4-8-18/h2-9,14H,10-13,15-16H2,1H3,(H,23,28). The molecule has 28 heavy (non-hydrogen) atoms. The van der Waals surface area contributed by atoms with E-state index in [-0.39, 0.29) is 18.9 Å². The molecule has 0 unspecified atom stereocenters. The average Bonchev–Trinajstić information content (AvgIpc) is 2.72. The van der Waals surface area contributed by atoms with E-state index in [0.29, 0.717) is 13.1 Å². The number of anilines is 1. The molecule has 146 valence electrons. The lowest BCUT2D eigenvalue weighted by atomic mass is 10.1. The van der Waals surface area contributed by atoms with Gasteiger partial charge < -0.3 is 15.1 Å². The van der Waals surface area contributed by atoms with Crippen LogP contribution in [0.3, 0.4) is 0 Å². The lowest BCUT2D eigenvalue weighted by Gasteiger charge is -2.36. The zero-order valence-electron chi connectivity index (χ0n) is 16.1. The van der Waals surface area contributed by atoms with Crippen LogP contribution in [0.25, 0.3) is 0 Å². The summed E-state index contributed by atoms with van der Waals surface area (Å²) >= 11 is 0. The van der Waals surface area contributed by atoms with Crippen molar-refractivity contribution in [3.8, 4) is 0 Å². The molecule has 6 heteroatoms. The van der Waals surface area contributed by atoms with Crippen LogP contribution in [-0.2, 0) is 20.8 Å². The fourth-order valence-corrected chi connectivity index (χ4v) is 3.27. The zero-order chi connectivity index (χ0) is 19.9. The summed E-state index contributed by atoms with van der Waals surface area (Å²) in [7, 11) is 0. The number of hydrogen-bond acceptors (Lipinski definition) is 4. The Morgan fingerprint density at radius 2 is 1.64 bits per heavy atom. The molecule has 2 amide bonds. The van der Waals surface area contributed by atoms with Crippen LogP contribution in [0.2, 0.25) is 0 Å². The highest BCUT2D eigenvalue weighted by Crippen LogP contribution is 2.17. The Bertz CT molecular complexity index is 843. The molecule has 3 rings (SSSR count). The predicted molar refractivity (Wildman–Crippen MR) is 108 cm³/mol. The number of piperazine rings is 1. The maximum absolute atomic E-state index is 12.4. The van der Waals surface area contributed by atoms with Crippen molar-refractivity contribution in [3.05, 3.63) is 65.7 Å². The Hall–Kier alpha value is -3.15. The number of carbonyl (C=O) groups excluding carboxylic acids is 3. The van der Waals surface area contributed by atoms with E-state index in [4.69, 9.17) is 0 Å². The number of aryl methyl sites for hydroxylation is 1. The van der Waals surface area contributed by atoms with E-state index in [1.54, 1.807) is 17.0 Å². The number of amides is 2. The number of nitrogens with one attached hydrogen (secondary N) is 1. The quantitative estimate of drug-likeness (QED) is 0.774. The van der Waals surface area contributed by atoms with Crippen molar-refractivity contribution in [3.63, 3.8) is 0 Å². The van der Waals surface area contributed by atoms with Gasteiger partial charge in [0, 0.05) is 38.3 Å². The molecule has 1 saturated heterocycles. The number of nitrogens with zero attached hydrogens (tertiary/aromatic N) is 2. The van der Waals surface area contributed by atoms with Crippen LogP contribution in [-0.4, -0.2) is 55.2 Å². The number of rotatable bonds is 6. The minimum absolute atomic E-state index is 0.0377. The van der Waals surface area contributed by atoms with Gasteiger partial charge in [-0.25, -0.2) is 0 Å². The number of carbonyl (C=O) groups is 3. The first-order chi connectivity index (χ1) is 13.5. The third-order valence-corrected chi connectivity index (χ3v) is 4.86. The average molecular weight is 379 g/mol. The second-order valence-corrected chi connectivity index (χ2v) is 6.98. The molecular formula is C22H25N3O3. The normalized spacial score (nSPS) is 13.9. The summed E-state index contributed by atoms with van der Waals surface area (Å²) in [5, 5.41) is 2.46. The van der Waals surface area contributed by atoms with Gasteiger partial charge in [-0.2, -0.15) is 0 Å². The highest BCUT2D eigenvalue weighted by molar-refractivity contribution is 6.36. The summed E-state index contributed by atoms with van der Waals surface area (Å²) in [4.78, 5) is 40.3. The minimum atomic E-state index is -0.712. The van der Waals surface area contributed by atoms with Gasteiger partial charge in [0.25, 0.3) is 5.91 Å². The summed E-state index contributed by atoms with van der Waals surface area (Å²) in [5.74, 6) is -1.41. The lowest BCUT2D eigenvalue weighted by Crippen LogP contribution is -2.51. The summed E-state index contributed by atoms with van der Waals surface area (Å²) < 4.78 is 0. The first-order valence-corrected chi connectivity index (χ1v) is 9.47. The molecule has 0 aliphatic carbocycles. The first-order valence-electron chi connectivity index (χ1n) is 9.47. The molecule has 1 N–H and O–H groups in total. The third kappa shape index (κ3) is 5.19. The molecular weight excluding hydrogens is 354 g/mol. The van der Waals surface area contributed by atoms with Crippen molar-refractivity contribution >= 4 is 23.3 Å². The fourth-order valence-electron chi connectivity index (χ4n) is 3.27. The molecule has 1 fully saturated rings. The van der Waals surface area contributed by atoms with Crippen LogP contribution in [0.1, 0.15) is 11.1 Å². The van der Waals surface area contributed by atoms with Gasteiger partial charge in [0.2, 0.25) is 11.7 Å². The molecule has 0 aromatic heterocycles. The zero-order valence-corrected chi connectivity index (χ0v) is 16.1. The van der Waals surface area contributed by atoms with Crippen molar-refractivity contribution in [2.45, 2.75) is 13.3 Å². The van der Waals surface area contributed by atoms with Crippen LogP contribution in [0.15, 0.2) is 54.6 Å². The van der Waals surface area contributed by atoms with E-state index < -0.39 is 11.7 Å². The lowest BCUT2D eigenvalue weighted by molar-refractivity contribution is -0.139. The van der Waals surface area contributed by atoms with Gasteiger partial charge in [-0.05, 0) is 30.2 Å². The van der Waals surface area contributed by atoms with E-state index in [9.17, 15) is 14.4 Å². The fraction of sp³-hybridized carbons (Fsp3) is 0.318. The Labute approximate surface area is 165 Å². The number of hydrogen-bond donors (Lipinski definition) is 1. The first kappa shape index (κ1) is 19.6. The molecule has 0 saturated carbocycles. The van der Waals surface area contributed by atoms with Gasteiger partial charge in [0.15, 0.2) is 0 Å². The van der Waals surface area contributed by atoms with Crippen LogP contribution in [0.5, 0.6) is 0 Å². The molecule has 2 aromatic carbocycles. The van der Waals surface area contributed by atoms with Gasteiger partial charge in [-0.15, -0.1) is 0 Å². The van der Waals surface area contributed by atoms with Crippen LogP contribution < -0.4 is 10.2 Å². The maximum Gasteiger partial charge on any atom is 0.288 e. The topological polar surface area (TPSA) is 69.7 Å². The van der Waals surface area contributed by atoms with E-state index >= 15 is 0 Å². The van der Waals surface area contributed by atoms with Crippen LogP contribution in [0, 0.1) is 6.92 Å². The van der Waals surface area contributed by atoms with Crippen molar-refractivity contribution in [2.75, 3.05) is 37.6 Å². The molecule has 1 aliphatic heterocycles. The van der Waals surface area contributed by atoms with Crippen LogP contribution in [0.4, 0.5) is 5.69 Å². The second kappa shape index (κ2) is 9.17. The molecule has 1 aliphatic rings. The number of Topliss-reactive ketones (excluding diaryl/α,β-unsaturated/α-hetero) is 1. The SMILES string of the molecule is Cc1cccc(N2CCN(C(=O)CNC(=O)C(=O)Cc3ccccc3)CC2)c1. The number of benzene rings is 2. The Morgan fingerprint density at radius 1 is 0.929 bits per heavy atom. The number of ketones is 1. The highest BCUT2D eigenvalue weighted by atomic mass is 16.2. The van der Waals surface area contributed by atoms with Crippen molar-refractivity contribution in [1.82, 2.24) is 10.2 Å². The molecule has 1 heterocycles. The largest absolute Gasteiger partial charge is 0.368 e. The van der Waals surface area contributed by atoms with E-state index in [0.717, 1.165) is 24.3 Å². The van der Waals surface area contributed by atoms with Crippen molar-refractivity contribution in [2.24, 2.45) is 0 Å². The third-order valence-electron chi connectivity index (χ3n) is 4.86. The molecule has 0 atom stereocenters. The summed E-state index contributed by atoms with van der Waals surface area (Å²) in [6, 6.07) is 17.4. The molecule has 6 nitrogen and oxygen atoms in total. The van der Waals surface area contributed by atoms with Gasteiger partial charge in [0.1, 0.15) is 0 Å². The van der Waals surface area contributed by atoms with Crippen LogP contribution >= 0.6 is 0 Å². The van der Waals surface area contributed by atoms with Gasteiger partial charge in [0.05, 0.1) is 6.54 Å². The maximum atomic E-state index is 12.4. The highest BCUT2D eigenvalue weighted by Gasteiger charge is 2.22. The van der Waals surface area contributed by atoms with E-state index in [1.165, 1.54) is 5.56 Å². The summed E-state index contributed by atoms with van der Waals surface area (Å²) in [5.41, 5.74) is 3.15. The van der Waals surface area contributed by atoms with E-state index in [2.05, 4.69) is 35.3 Å². The molecule has 0 radical (unpaired) electrons. The Kier molecular flexibility index (Phi) is 6.42. The summed E-state index contributed by atoms with van der Waals surface area (Å²) in [6.07, 6.45) is 0.0377. The predicted octanol–water partition coefficient (Wildman–Crippen LogP) is 1.57. The Balaban J connectivity index is 1.43. The van der Waals surface area contributed by atoms with Gasteiger partial charge >= 0.3 is 0 Å². The monoisotopic (exact) mass is 379 g/mol. The van der Waals surface area contributed by atoms with Gasteiger partial charge in [-0.1, -0.05) is 42.5 Å². The van der Waals surface area contributed by atoms with E-state index in [1.807, 2.05) is 24.3 Å². The van der Waals surface area contributed by atoms with Crippen molar-refractivity contribution < 1.29 is 14.4 Å². The van der Waals surface area contributed by atoms with Crippen molar-refractivity contribution in [1.29, 1.82) is 0 Å². The Morgan fingerprint density at radius 3 is 2.32 bits per heavy atom. The molecule has 2 aromatic rings.